The minimum Gasteiger partial charge on any atom is -0.506 e. The number of anilines is 1. The van der Waals surface area contributed by atoms with Gasteiger partial charge in [0, 0.05) is 21.8 Å². The lowest BCUT2D eigenvalue weighted by Gasteiger charge is -2.10. The quantitative estimate of drug-likeness (QED) is 0.539. The van der Waals surface area contributed by atoms with Gasteiger partial charge in [-0.2, -0.15) is 0 Å². The van der Waals surface area contributed by atoms with Crippen LogP contribution in [0.25, 0.3) is 11.3 Å². The molecular formula is C20H16BrN3O3. The van der Waals surface area contributed by atoms with Crippen molar-refractivity contribution in [1.29, 1.82) is 0 Å². The maximum atomic E-state index is 12.2. The first-order valence-electron chi connectivity index (χ1n) is 8.07. The highest BCUT2D eigenvalue weighted by atomic mass is 79.9. The van der Waals surface area contributed by atoms with Gasteiger partial charge in [0.25, 0.3) is 5.91 Å². The summed E-state index contributed by atoms with van der Waals surface area (Å²) in [4.78, 5) is 28.5. The normalized spacial score (nSPS) is 10.3. The van der Waals surface area contributed by atoms with Crippen molar-refractivity contribution in [1.82, 2.24) is 10.3 Å². The number of imide groups is 1. The summed E-state index contributed by atoms with van der Waals surface area (Å²) in [6.07, 6.45) is 1.66. The van der Waals surface area contributed by atoms with E-state index < -0.39 is 11.9 Å². The Labute approximate surface area is 164 Å². The van der Waals surface area contributed by atoms with E-state index in [2.05, 4.69) is 31.5 Å². The van der Waals surface area contributed by atoms with Crippen LogP contribution in [0.5, 0.6) is 5.75 Å². The van der Waals surface area contributed by atoms with Crippen molar-refractivity contribution >= 4 is 33.6 Å². The molecule has 0 aliphatic heterocycles. The average Bonchev–Trinajstić information content (AvgIpc) is 2.64. The van der Waals surface area contributed by atoms with Crippen molar-refractivity contribution in [3.63, 3.8) is 0 Å². The van der Waals surface area contributed by atoms with Crippen molar-refractivity contribution in [3.05, 3.63) is 76.4 Å². The molecule has 0 bridgehead atoms. The fourth-order valence-electron chi connectivity index (χ4n) is 2.49. The largest absolute Gasteiger partial charge is 0.506 e. The molecule has 1 heterocycles. The third-order valence-corrected chi connectivity index (χ3v) is 4.35. The minimum absolute atomic E-state index is 0.129. The molecule has 0 saturated carbocycles. The highest BCUT2D eigenvalue weighted by Crippen LogP contribution is 2.29. The maximum absolute atomic E-state index is 12.2. The third-order valence-electron chi connectivity index (χ3n) is 3.89. The summed E-state index contributed by atoms with van der Waals surface area (Å²) in [5, 5.41) is 14.9. The second-order valence-electron chi connectivity index (χ2n) is 5.82. The summed E-state index contributed by atoms with van der Waals surface area (Å²) in [5.41, 5.74) is 2.73. The van der Waals surface area contributed by atoms with Gasteiger partial charge in [-0.15, -0.1) is 0 Å². The molecule has 3 rings (SSSR count). The van der Waals surface area contributed by atoms with E-state index in [9.17, 15) is 14.7 Å². The summed E-state index contributed by atoms with van der Waals surface area (Å²) < 4.78 is 0.851. The Kier molecular flexibility index (Phi) is 5.52. The molecule has 0 aliphatic rings. The summed E-state index contributed by atoms with van der Waals surface area (Å²) >= 11 is 3.32. The number of phenolic OH excluding ortho intramolecular Hbond substituents is 1. The molecule has 3 N–H and O–H groups in total. The van der Waals surface area contributed by atoms with E-state index in [0.717, 1.165) is 10.0 Å². The molecule has 1 aromatic heterocycles. The zero-order valence-electron chi connectivity index (χ0n) is 14.4. The van der Waals surface area contributed by atoms with Gasteiger partial charge in [0.1, 0.15) is 5.75 Å². The van der Waals surface area contributed by atoms with Crippen LogP contribution < -0.4 is 10.6 Å². The number of carbonyl (C=O) groups is 2. The number of hydrogen-bond acceptors (Lipinski definition) is 4. The predicted octanol–water partition coefficient (Wildman–Crippen LogP) is 4.49. The molecule has 6 nitrogen and oxygen atoms in total. The molecule has 136 valence electrons. The SMILES string of the molecule is Cc1ccccc1C(=O)NC(=O)Nc1ccc(-c2ccc(Br)cn2)cc1O. The van der Waals surface area contributed by atoms with E-state index in [1.54, 1.807) is 49.5 Å². The van der Waals surface area contributed by atoms with Crippen molar-refractivity contribution in [2.75, 3.05) is 5.32 Å². The molecule has 7 heteroatoms. The number of benzene rings is 2. The van der Waals surface area contributed by atoms with E-state index in [1.807, 2.05) is 12.1 Å². The van der Waals surface area contributed by atoms with Gasteiger partial charge in [0.2, 0.25) is 0 Å². The fraction of sp³-hybridized carbons (Fsp3) is 0.0500. The molecule has 0 saturated heterocycles. The van der Waals surface area contributed by atoms with Gasteiger partial charge < -0.3 is 10.4 Å². The van der Waals surface area contributed by atoms with Gasteiger partial charge in [-0.1, -0.05) is 24.3 Å². The average molecular weight is 426 g/mol. The topological polar surface area (TPSA) is 91.3 Å². The van der Waals surface area contributed by atoms with E-state index in [1.165, 1.54) is 6.07 Å². The smallest absolute Gasteiger partial charge is 0.326 e. The Hall–Kier alpha value is -3.19. The first-order valence-corrected chi connectivity index (χ1v) is 8.86. The Morgan fingerprint density at radius 3 is 2.52 bits per heavy atom. The van der Waals surface area contributed by atoms with Crippen LogP contribution in [-0.4, -0.2) is 22.0 Å². The Morgan fingerprint density at radius 1 is 1.07 bits per heavy atom. The van der Waals surface area contributed by atoms with E-state index >= 15 is 0 Å². The van der Waals surface area contributed by atoms with Crippen molar-refractivity contribution in [3.8, 4) is 17.0 Å². The third kappa shape index (κ3) is 4.51. The molecule has 0 radical (unpaired) electrons. The van der Waals surface area contributed by atoms with Crippen LogP contribution in [0.4, 0.5) is 10.5 Å². The molecule has 3 amide bonds. The lowest BCUT2D eigenvalue weighted by molar-refractivity contribution is 0.0966. The lowest BCUT2D eigenvalue weighted by atomic mass is 10.1. The first-order chi connectivity index (χ1) is 12.9. The standard InChI is InChI=1S/C20H16BrN3O3/c1-12-4-2-3-5-15(12)19(26)24-20(27)23-17-8-6-13(10-18(17)25)16-9-7-14(21)11-22-16/h2-11,25H,1H3,(H2,23,24,26,27). The van der Waals surface area contributed by atoms with Crippen molar-refractivity contribution in [2.24, 2.45) is 0 Å². The second kappa shape index (κ2) is 8.01. The number of amides is 3. The molecule has 3 aromatic rings. The minimum atomic E-state index is -0.729. The van der Waals surface area contributed by atoms with Gasteiger partial charge >= 0.3 is 6.03 Å². The first kappa shape index (κ1) is 18.6. The van der Waals surface area contributed by atoms with Gasteiger partial charge in [-0.25, -0.2) is 4.79 Å². The molecule has 0 fully saturated rings. The van der Waals surface area contributed by atoms with Crippen LogP contribution >= 0.6 is 15.9 Å². The number of carbonyl (C=O) groups excluding carboxylic acids is 2. The van der Waals surface area contributed by atoms with Gasteiger partial charge in [0.05, 0.1) is 11.4 Å². The molecular weight excluding hydrogens is 410 g/mol. The number of hydrogen-bond donors (Lipinski definition) is 3. The number of nitrogens with zero attached hydrogens (tertiary/aromatic N) is 1. The van der Waals surface area contributed by atoms with E-state index in [0.29, 0.717) is 16.8 Å². The molecule has 0 unspecified atom stereocenters. The Bertz CT molecular complexity index is 1000. The number of rotatable bonds is 3. The van der Waals surface area contributed by atoms with Crippen LogP contribution in [0.3, 0.4) is 0 Å². The summed E-state index contributed by atoms with van der Waals surface area (Å²) in [6, 6.07) is 14.6. The predicted molar refractivity (Wildman–Crippen MR) is 107 cm³/mol. The van der Waals surface area contributed by atoms with E-state index in [-0.39, 0.29) is 11.4 Å². The number of aromatic hydroxyl groups is 1. The summed E-state index contributed by atoms with van der Waals surface area (Å²) in [6.45, 7) is 1.79. The fourth-order valence-corrected chi connectivity index (χ4v) is 2.73. The number of urea groups is 1. The zero-order chi connectivity index (χ0) is 19.4. The lowest BCUT2D eigenvalue weighted by Crippen LogP contribution is -2.34. The second-order valence-corrected chi connectivity index (χ2v) is 6.73. The number of pyridine rings is 1. The zero-order valence-corrected chi connectivity index (χ0v) is 15.9. The monoisotopic (exact) mass is 425 g/mol. The number of halogens is 1. The molecule has 0 atom stereocenters. The molecule has 0 aliphatic carbocycles. The van der Waals surface area contributed by atoms with E-state index in [4.69, 9.17) is 0 Å². The Morgan fingerprint density at radius 2 is 1.85 bits per heavy atom. The number of phenols is 1. The number of aromatic nitrogens is 1. The number of aryl methyl sites for hydroxylation is 1. The number of nitrogens with one attached hydrogen (secondary N) is 2. The maximum Gasteiger partial charge on any atom is 0.326 e. The molecule has 27 heavy (non-hydrogen) atoms. The van der Waals surface area contributed by atoms with Crippen LogP contribution in [0.15, 0.2) is 65.3 Å². The van der Waals surface area contributed by atoms with Crippen LogP contribution in [0.1, 0.15) is 15.9 Å². The summed E-state index contributed by atoms with van der Waals surface area (Å²) in [7, 11) is 0. The van der Waals surface area contributed by atoms with Crippen LogP contribution in [0.2, 0.25) is 0 Å². The highest BCUT2D eigenvalue weighted by molar-refractivity contribution is 9.10. The highest BCUT2D eigenvalue weighted by Gasteiger charge is 2.14. The molecule has 0 spiro atoms. The van der Waals surface area contributed by atoms with Crippen molar-refractivity contribution < 1.29 is 14.7 Å². The van der Waals surface area contributed by atoms with Crippen molar-refractivity contribution in [2.45, 2.75) is 6.92 Å². The van der Waals surface area contributed by atoms with Crippen LogP contribution in [0, 0.1) is 6.92 Å². The van der Waals surface area contributed by atoms with Gasteiger partial charge in [-0.05, 0) is 58.7 Å². The van der Waals surface area contributed by atoms with Gasteiger partial charge in [0.15, 0.2) is 0 Å². The summed E-state index contributed by atoms with van der Waals surface area (Å²) in [5.74, 6) is -0.642. The molecule has 2 aromatic carbocycles. The van der Waals surface area contributed by atoms with Crippen LogP contribution in [-0.2, 0) is 0 Å². The Balaban J connectivity index is 1.70. The van der Waals surface area contributed by atoms with Gasteiger partial charge in [-0.3, -0.25) is 15.1 Å².